The number of aromatic nitrogens is 1. The van der Waals surface area contributed by atoms with Crippen LogP contribution in [0.5, 0.6) is 0 Å². The van der Waals surface area contributed by atoms with Crippen LogP contribution in [0.3, 0.4) is 0 Å². The molecule has 1 aromatic rings. The van der Waals surface area contributed by atoms with E-state index in [1.165, 1.54) is 5.56 Å². The lowest BCUT2D eigenvalue weighted by molar-refractivity contribution is 0.0691. The predicted octanol–water partition coefficient (Wildman–Crippen LogP) is 2.40. The molecule has 1 aromatic heterocycles. The molecule has 14 heavy (non-hydrogen) atoms. The van der Waals surface area contributed by atoms with Crippen molar-refractivity contribution in [2.75, 3.05) is 0 Å². The van der Waals surface area contributed by atoms with Crippen LogP contribution in [0.15, 0.2) is 6.07 Å². The third-order valence-corrected chi connectivity index (χ3v) is 3.07. The zero-order valence-electron chi connectivity index (χ0n) is 8.50. The second-order valence-electron chi connectivity index (χ2n) is 4.31. The van der Waals surface area contributed by atoms with E-state index in [1.807, 2.05) is 0 Å². The van der Waals surface area contributed by atoms with Gasteiger partial charge in [0, 0.05) is 5.69 Å². The summed E-state index contributed by atoms with van der Waals surface area (Å²) in [6.45, 7) is 4.38. The van der Waals surface area contributed by atoms with E-state index < -0.39 is 5.97 Å². The number of hydrogen-bond acceptors (Lipinski definition) is 1. The van der Waals surface area contributed by atoms with Gasteiger partial charge in [-0.15, -0.1) is 0 Å². The van der Waals surface area contributed by atoms with E-state index >= 15 is 0 Å². The fourth-order valence-corrected chi connectivity index (χ4v) is 2.31. The molecule has 0 aromatic carbocycles. The first kappa shape index (κ1) is 9.31. The Kier molecular flexibility index (Phi) is 2.10. The van der Waals surface area contributed by atoms with Crippen LogP contribution >= 0.6 is 0 Å². The molecule has 0 saturated heterocycles. The summed E-state index contributed by atoms with van der Waals surface area (Å²) in [6, 6.07) is 1.80. The molecular formula is C11H15NO2. The Morgan fingerprint density at radius 1 is 1.64 bits per heavy atom. The molecule has 2 N–H and O–H groups in total. The minimum atomic E-state index is -0.859. The monoisotopic (exact) mass is 193 g/mol. The maximum absolute atomic E-state index is 10.8. The van der Waals surface area contributed by atoms with Gasteiger partial charge in [0.1, 0.15) is 5.69 Å². The fourth-order valence-electron chi connectivity index (χ4n) is 2.31. The molecule has 76 valence electrons. The molecule has 0 spiro atoms. The van der Waals surface area contributed by atoms with Crippen molar-refractivity contribution in [2.45, 2.75) is 32.6 Å². The van der Waals surface area contributed by atoms with E-state index in [0.717, 1.165) is 18.5 Å². The summed E-state index contributed by atoms with van der Waals surface area (Å²) >= 11 is 0. The number of aryl methyl sites for hydroxylation is 1. The second kappa shape index (κ2) is 3.15. The molecule has 1 unspecified atom stereocenters. The van der Waals surface area contributed by atoms with Gasteiger partial charge in [-0.25, -0.2) is 4.79 Å². The Bertz CT molecular complexity index is 365. The van der Waals surface area contributed by atoms with Gasteiger partial charge in [0.15, 0.2) is 0 Å². The van der Waals surface area contributed by atoms with Crippen LogP contribution in [0.25, 0.3) is 0 Å². The SMILES string of the molecule is CC(C)C1CCc2[nH]c(C(=O)O)cc21. The van der Waals surface area contributed by atoms with E-state index in [0.29, 0.717) is 17.5 Å². The molecule has 3 nitrogen and oxygen atoms in total. The predicted molar refractivity (Wildman–Crippen MR) is 53.7 cm³/mol. The maximum atomic E-state index is 10.8. The average molecular weight is 193 g/mol. The van der Waals surface area contributed by atoms with Gasteiger partial charge < -0.3 is 10.1 Å². The van der Waals surface area contributed by atoms with E-state index in [4.69, 9.17) is 5.11 Å². The fraction of sp³-hybridized carbons (Fsp3) is 0.545. The van der Waals surface area contributed by atoms with Gasteiger partial charge in [-0.1, -0.05) is 13.8 Å². The van der Waals surface area contributed by atoms with Gasteiger partial charge in [-0.2, -0.15) is 0 Å². The highest BCUT2D eigenvalue weighted by Crippen LogP contribution is 2.38. The molecule has 0 aliphatic heterocycles. The first-order chi connectivity index (χ1) is 6.59. The number of carboxylic acids is 1. The number of aromatic carboxylic acids is 1. The molecule has 2 rings (SSSR count). The molecule has 3 heteroatoms. The second-order valence-corrected chi connectivity index (χ2v) is 4.31. The first-order valence-electron chi connectivity index (χ1n) is 5.04. The summed E-state index contributed by atoms with van der Waals surface area (Å²) in [5.41, 5.74) is 2.68. The van der Waals surface area contributed by atoms with Gasteiger partial charge in [-0.05, 0) is 36.3 Å². The number of carboxylic acid groups (broad SMARTS) is 1. The van der Waals surface area contributed by atoms with Crippen molar-refractivity contribution in [3.63, 3.8) is 0 Å². The smallest absolute Gasteiger partial charge is 0.352 e. The van der Waals surface area contributed by atoms with E-state index in [2.05, 4.69) is 18.8 Å². The van der Waals surface area contributed by atoms with Crippen LogP contribution in [0.2, 0.25) is 0 Å². The van der Waals surface area contributed by atoms with Gasteiger partial charge >= 0.3 is 5.97 Å². The number of rotatable bonds is 2. The largest absolute Gasteiger partial charge is 0.477 e. The lowest BCUT2D eigenvalue weighted by Crippen LogP contribution is -2.02. The summed E-state index contributed by atoms with van der Waals surface area (Å²) in [6.07, 6.45) is 2.14. The molecule has 1 heterocycles. The highest BCUT2D eigenvalue weighted by Gasteiger charge is 2.28. The Morgan fingerprint density at radius 2 is 2.36 bits per heavy atom. The Balaban J connectivity index is 2.35. The van der Waals surface area contributed by atoms with Crippen LogP contribution < -0.4 is 0 Å². The van der Waals surface area contributed by atoms with Crippen molar-refractivity contribution in [1.82, 2.24) is 4.98 Å². The topological polar surface area (TPSA) is 53.1 Å². The van der Waals surface area contributed by atoms with Crippen molar-refractivity contribution in [1.29, 1.82) is 0 Å². The van der Waals surface area contributed by atoms with Crippen LogP contribution in [-0.2, 0) is 6.42 Å². The Hall–Kier alpha value is -1.25. The van der Waals surface area contributed by atoms with E-state index in [-0.39, 0.29) is 0 Å². The maximum Gasteiger partial charge on any atom is 0.352 e. The summed E-state index contributed by atoms with van der Waals surface area (Å²) in [7, 11) is 0. The molecule has 1 atom stereocenters. The minimum absolute atomic E-state index is 0.334. The van der Waals surface area contributed by atoms with Crippen molar-refractivity contribution in [3.05, 3.63) is 23.0 Å². The number of H-pyrrole nitrogens is 1. The minimum Gasteiger partial charge on any atom is -0.477 e. The molecule has 0 radical (unpaired) electrons. The Morgan fingerprint density at radius 3 is 2.93 bits per heavy atom. The third kappa shape index (κ3) is 1.33. The highest BCUT2D eigenvalue weighted by atomic mass is 16.4. The molecule has 0 saturated carbocycles. The zero-order chi connectivity index (χ0) is 10.3. The zero-order valence-corrected chi connectivity index (χ0v) is 8.50. The standard InChI is InChI=1S/C11H15NO2/c1-6(2)7-3-4-9-8(7)5-10(12-9)11(13)14/h5-7,12H,3-4H2,1-2H3,(H,13,14). The normalized spacial score (nSPS) is 20.1. The summed E-state index contributed by atoms with van der Waals surface area (Å²) in [4.78, 5) is 13.7. The Labute approximate surface area is 83.1 Å². The van der Waals surface area contributed by atoms with Gasteiger partial charge in [0.2, 0.25) is 0 Å². The van der Waals surface area contributed by atoms with Crippen LogP contribution in [-0.4, -0.2) is 16.1 Å². The number of carbonyl (C=O) groups is 1. The molecular weight excluding hydrogens is 178 g/mol. The lowest BCUT2D eigenvalue weighted by Gasteiger charge is -2.13. The number of fused-ring (bicyclic) bond motifs is 1. The van der Waals surface area contributed by atoms with Crippen LogP contribution in [0.1, 0.15) is 47.9 Å². The molecule has 1 aliphatic rings. The van der Waals surface area contributed by atoms with Crippen LogP contribution in [0, 0.1) is 5.92 Å². The summed E-state index contributed by atoms with van der Waals surface area (Å²) in [5, 5.41) is 8.84. The number of aromatic amines is 1. The van der Waals surface area contributed by atoms with E-state index in [1.54, 1.807) is 6.07 Å². The number of nitrogens with one attached hydrogen (secondary N) is 1. The number of hydrogen-bond donors (Lipinski definition) is 2. The quantitative estimate of drug-likeness (QED) is 0.757. The summed E-state index contributed by atoms with van der Waals surface area (Å²) in [5.74, 6) is 0.268. The molecule has 0 fully saturated rings. The first-order valence-corrected chi connectivity index (χ1v) is 5.04. The summed E-state index contributed by atoms with van der Waals surface area (Å²) < 4.78 is 0. The van der Waals surface area contributed by atoms with Crippen molar-refractivity contribution < 1.29 is 9.90 Å². The van der Waals surface area contributed by atoms with Crippen molar-refractivity contribution in [3.8, 4) is 0 Å². The van der Waals surface area contributed by atoms with Crippen molar-refractivity contribution >= 4 is 5.97 Å². The highest BCUT2D eigenvalue weighted by molar-refractivity contribution is 5.86. The molecule has 0 amide bonds. The van der Waals surface area contributed by atoms with Gasteiger partial charge in [0.25, 0.3) is 0 Å². The average Bonchev–Trinajstić information content (AvgIpc) is 2.58. The molecule has 0 bridgehead atoms. The van der Waals surface area contributed by atoms with Crippen molar-refractivity contribution in [2.24, 2.45) is 5.92 Å². The lowest BCUT2D eigenvalue weighted by atomic mass is 9.91. The third-order valence-electron chi connectivity index (χ3n) is 3.07. The van der Waals surface area contributed by atoms with E-state index in [9.17, 15) is 4.79 Å². The molecule has 1 aliphatic carbocycles. The van der Waals surface area contributed by atoms with Gasteiger partial charge in [0.05, 0.1) is 0 Å². The van der Waals surface area contributed by atoms with Crippen LogP contribution in [0.4, 0.5) is 0 Å². The van der Waals surface area contributed by atoms with Gasteiger partial charge in [-0.3, -0.25) is 0 Å².